The van der Waals surface area contributed by atoms with E-state index in [0.29, 0.717) is 5.33 Å². The van der Waals surface area contributed by atoms with E-state index in [0.717, 1.165) is 17.0 Å². The summed E-state index contributed by atoms with van der Waals surface area (Å²) in [6, 6.07) is 1.97. The summed E-state index contributed by atoms with van der Waals surface area (Å²) in [5, 5.41) is 10.0. The molecule has 0 saturated carbocycles. The molecule has 1 heterocycles. The standard InChI is InChI=1S/C8H12BrNO/c1-5-3-7(6(2)10-5)8(11)4-9/h3,8,10-11H,4H2,1-2H3. The maximum atomic E-state index is 9.46. The first-order chi connectivity index (χ1) is 5.15. The minimum absolute atomic E-state index is 0.389. The summed E-state index contributed by atoms with van der Waals surface area (Å²) in [6.07, 6.45) is -0.389. The van der Waals surface area contributed by atoms with Gasteiger partial charge < -0.3 is 10.1 Å². The van der Waals surface area contributed by atoms with Gasteiger partial charge in [0.2, 0.25) is 0 Å². The molecule has 1 unspecified atom stereocenters. The van der Waals surface area contributed by atoms with E-state index < -0.39 is 0 Å². The largest absolute Gasteiger partial charge is 0.387 e. The summed E-state index contributed by atoms with van der Waals surface area (Å²) in [5.41, 5.74) is 3.13. The summed E-state index contributed by atoms with van der Waals surface area (Å²) >= 11 is 3.23. The van der Waals surface area contributed by atoms with Crippen molar-refractivity contribution >= 4 is 15.9 Å². The Balaban J connectivity index is 2.93. The summed E-state index contributed by atoms with van der Waals surface area (Å²) in [7, 11) is 0. The van der Waals surface area contributed by atoms with Crippen LogP contribution in [-0.2, 0) is 0 Å². The molecule has 2 N–H and O–H groups in total. The first-order valence-electron chi connectivity index (χ1n) is 3.55. The Morgan fingerprint density at radius 1 is 1.64 bits per heavy atom. The fourth-order valence-corrected chi connectivity index (χ4v) is 1.52. The van der Waals surface area contributed by atoms with Gasteiger partial charge in [0.05, 0.1) is 6.10 Å². The van der Waals surface area contributed by atoms with E-state index in [1.54, 1.807) is 0 Å². The molecule has 1 aromatic heterocycles. The summed E-state index contributed by atoms with van der Waals surface area (Å²) in [6.45, 7) is 3.95. The lowest BCUT2D eigenvalue weighted by Gasteiger charge is -2.04. The first kappa shape index (κ1) is 8.81. The molecule has 1 rings (SSSR count). The molecule has 0 saturated heterocycles. The molecule has 62 valence electrons. The Morgan fingerprint density at radius 2 is 2.27 bits per heavy atom. The van der Waals surface area contributed by atoms with Gasteiger partial charge in [-0.15, -0.1) is 0 Å². The zero-order valence-electron chi connectivity index (χ0n) is 6.69. The van der Waals surface area contributed by atoms with Crippen molar-refractivity contribution in [3.05, 3.63) is 23.0 Å². The van der Waals surface area contributed by atoms with Gasteiger partial charge >= 0.3 is 0 Å². The second-order valence-electron chi connectivity index (χ2n) is 2.70. The first-order valence-corrected chi connectivity index (χ1v) is 4.67. The van der Waals surface area contributed by atoms with Crippen LogP contribution in [0.2, 0.25) is 0 Å². The lowest BCUT2D eigenvalue weighted by Crippen LogP contribution is -1.98. The molecule has 0 aromatic carbocycles. The van der Waals surface area contributed by atoms with Gasteiger partial charge in [-0.3, -0.25) is 0 Å². The van der Waals surface area contributed by atoms with Crippen LogP contribution in [0.5, 0.6) is 0 Å². The van der Waals surface area contributed by atoms with Crippen molar-refractivity contribution in [1.82, 2.24) is 4.98 Å². The van der Waals surface area contributed by atoms with Gasteiger partial charge in [-0.05, 0) is 19.9 Å². The predicted octanol–water partition coefficient (Wildman–Crippen LogP) is 2.06. The second-order valence-corrected chi connectivity index (χ2v) is 3.35. The van der Waals surface area contributed by atoms with Gasteiger partial charge in [-0.25, -0.2) is 0 Å². The Labute approximate surface area is 74.8 Å². The number of aryl methyl sites for hydroxylation is 2. The third kappa shape index (κ3) is 1.84. The normalized spacial score (nSPS) is 13.5. The third-order valence-electron chi connectivity index (χ3n) is 1.69. The van der Waals surface area contributed by atoms with Crippen LogP contribution < -0.4 is 0 Å². The van der Waals surface area contributed by atoms with E-state index in [9.17, 15) is 5.11 Å². The number of rotatable bonds is 2. The fraction of sp³-hybridized carbons (Fsp3) is 0.500. The van der Waals surface area contributed by atoms with Crippen LogP contribution in [0.1, 0.15) is 23.1 Å². The van der Waals surface area contributed by atoms with Gasteiger partial charge in [-0.1, -0.05) is 15.9 Å². The maximum Gasteiger partial charge on any atom is 0.0904 e. The minimum atomic E-state index is -0.389. The van der Waals surface area contributed by atoms with Crippen LogP contribution >= 0.6 is 15.9 Å². The van der Waals surface area contributed by atoms with Crippen molar-refractivity contribution in [2.45, 2.75) is 20.0 Å². The number of H-pyrrole nitrogens is 1. The Hall–Kier alpha value is -0.280. The number of alkyl halides is 1. The molecule has 0 fully saturated rings. The van der Waals surface area contributed by atoms with Crippen LogP contribution in [0.3, 0.4) is 0 Å². The highest BCUT2D eigenvalue weighted by molar-refractivity contribution is 9.09. The molecule has 1 atom stereocenters. The zero-order valence-corrected chi connectivity index (χ0v) is 8.27. The number of hydrogen-bond acceptors (Lipinski definition) is 1. The van der Waals surface area contributed by atoms with Gasteiger partial charge in [0.1, 0.15) is 0 Å². The molecule has 2 nitrogen and oxygen atoms in total. The van der Waals surface area contributed by atoms with Crippen molar-refractivity contribution in [1.29, 1.82) is 0 Å². The lowest BCUT2D eigenvalue weighted by molar-refractivity contribution is 0.205. The van der Waals surface area contributed by atoms with Crippen LogP contribution in [0, 0.1) is 13.8 Å². The van der Waals surface area contributed by atoms with Crippen molar-refractivity contribution < 1.29 is 5.11 Å². The number of halogens is 1. The Kier molecular flexibility index (Phi) is 2.73. The summed E-state index contributed by atoms with van der Waals surface area (Å²) < 4.78 is 0. The number of aromatic amines is 1. The Bertz CT molecular complexity index is 244. The second kappa shape index (κ2) is 3.41. The van der Waals surface area contributed by atoms with Crippen molar-refractivity contribution in [2.24, 2.45) is 0 Å². The smallest absolute Gasteiger partial charge is 0.0904 e. The van der Waals surface area contributed by atoms with Crippen LogP contribution in [-0.4, -0.2) is 15.4 Å². The van der Waals surface area contributed by atoms with Crippen LogP contribution in [0.15, 0.2) is 6.07 Å². The van der Waals surface area contributed by atoms with E-state index in [-0.39, 0.29) is 6.10 Å². The summed E-state index contributed by atoms with van der Waals surface area (Å²) in [4.78, 5) is 3.14. The van der Waals surface area contributed by atoms with Crippen molar-refractivity contribution in [3.63, 3.8) is 0 Å². The molecule has 0 amide bonds. The number of nitrogens with one attached hydrogen (secondary N) is 1. The van der Waals surface area contributed by atoms with E-state index in [1.807, 2.05) is 19.9 Å². The van der Waals surface area contributed by atoms with Crippen LogP contribution in [0.25, 0.3) is 0 Å². The molecular weight excluding hydrogens is 206 g/mol. The molecule has 0 aliphatic heterocycles. The molecule has 0 spiro atoms. The van der Waals surface area contributed by atoms with E-state index in [4.69, 9.17) is 0 Å². The lowest BCUT2D eigenvalue weighted by atomic mass is 10.1. The van der Waals surface area contributed by atoms with Crippen molar-refractivity contribution in [3.8, 4) is 0 Å². The molecule has 11 heavy (non-hydrogen) atoms. The topological polar surface area (TPSA) is 36.0 Å². The van der Waals surface area contributed by atoms with E-state index in [2.05, 4.69) is 20.9 Å². The highest BCUT2D eigenvalue weighted by Gasteiger charge is 2.10. The number of aliphatic hydroxyl groups is 1. The van der Waals surface area contributed by atoms with Crippen molar-refractivity contribution in [2.75, 3.05) is 5.33 Å². The predicted molar refractivity (Wildman–Crippen MR) is 49.0 cm³/mol. The zero-order chi connectivity index (χ0) is 8.43. The summed E-state index contributed by atoms with van der Waals surface area (Å²) in [5.74, 6) is 0. The van der Waals surface area contributed by atoms with E-state index >= 15 is 0 Å². The molecular formula is C8H12BrNO. The highest BCUT2D eigenvalue weighted by Crippen LogP contribution is 2.19. The van der Waals surface area contributed by atoms with Gasteiger partial charge in [0.25, 0.3) is 0 Å². The number of hydrogen-bond donors (Lipinski definition) is 2. The highest BCUT2D eigenvalue weighted by atomic mass is 79.9. The maximum absolute atomic E-state index is 9.46. The van der Waals surface area contributed by atoms with Crippen LogP contribution in [0.4, 0.5) is 0 Å². The molecule has 0 aliphatic carbocycles. The Morgan fingerprint density at radius 3 is 2.64 bits per heavy atom. The average Bonchev–Trinajstić information content (AvgIpc) is 2.28. The quantitative estimate of drug-likeness (QED) is 0.732. The minimum Gasteiger partial charge on any atom is -0.387 e. The van der Waals surface area contributed by atoms with E-state index in [1.165, 1.54) is 0 Å². The molecule has 0 bridgehead atoms. The monoisotopic (exact) mass is 217 g/mol. The number of aliphatic hydroxyl groups excluding tert-OH is 1. The number of aromatic nitrogens is 1. The molecule has 0 radical (unpaired) electrons. The SMILES string of the molecule is Cc1cc(C(O)CBr)c(C)[nH]1. The fourth-order valence-electron chi connectivity index (χ4n) is 1.17. The molecule has 3 heteroatoms. The molecule has 0 aliphatic rings. The average molecular weight is 218 g/mol. The molecule has 1 aromatic rings. The van der Waals surface area contributed by atoms with Gasteiger partial charge in [0, 0.05) is 22.3 Å². The van der Waals surface area contributed by atoms with Gasteiger partial charge in [0.15, 0.2) is 0 Å². The third-order valence-corrected chi connectivity index (χ3v) is 2.31. The van der Waals surface area contributed by atoms with Gasteiger partial charge in [-0.2, -0.15) is 0 Å².